The van der Waals surface area contributed by atoms with Crippen LogP contribution in [0.15, 0.2) is 53.4 Å². The van der Waals surface area contributed by atoms with Gasteiger partial charge in [0.1, 0.15) is 5.75 Å². The van der Waals surface area contributed by atoms with E-state index in [0.29, 0.717) is 30.9 Å². The van der Waals surface area contributed by atoms with Gasteiger partial charge in [0.05, 0.1) is 12.0 Å². The van der Waals surface area contributed by atoms with Crippen LogP contribution in [-0.2, 0) is 14.8 Å². The van der Waals surface area contributed by atoms with Gasteiger partial charge in [0, 0.05) is 36.3 Å². The van der Waals surface area contributed by atoms with Crippen LogP contribution >= 0.6 is 0 Å². The van der Waals surface area contributed by atoms with E-state index in [1.165, 1.54) is 25.3 Å². The number of nitrogens with one attached hydrogen (secondary N) is 2. The lowest BCUT2D eigenvalue weighted by atomic mass is 10.2. The van der Waals surface area contributed by atoms with E-state index in [1.54, 1.807) is 35.2 Å². The number of ether oxygens (including phenoxy) is 1. The van der Waals surface area contributed by atoms with Crippen molar-refractivity contribution < 1.29 is 22.7 Å². The van der Waals surface area contributed by atoms with Crippen LogP contribution in [0.3, 0.4) is 0 Å². The van der Waals surface area contributed by atoms with Gasteiger partial charge in [-0.15, -0.1) is 0 Å². The lowest BCUT2D eigenvalue weighted by Crippen LogP contribution is -2.39. The number of carbonyl (C=O) groups excluding carboxylic acids is 2. The number of carbonyl (C=O) groups is 2. The van der Waals surface area contributed by atoms with Crippen LogP contribution in [0, 0.1) is 5.92 Å². The summed E-state index contributed by atoms with van der Waals surface area (Å²) in [5, 5.41) is 2.90. The number of amides is 2. The Bertz CT molecular complexity index is 1050. The minimum atomic E-state index is -3.87. The zero-order valence-corrected chi connectivity index (χ0v) is 18.6. The highest BCUT2D eigenvalue weighted by atomic mass is 32.2. The summed E-state index contributed by atoms with van der Waals surface area (Å²) in [6.07, 6.45) is 0.668. The van der Waals surface area contributed by atoms with E-state index < -0.39 is 10.0 Å². The maximum atomic E-state index is 12.7. The highest BCUT2D eigenvalue weighted by molar-refractivity contribution is 7.92. The van der Waals surface area contributed by atoms with E-state index >= 15 is 0 Å². The van der Waals surface area contributed by atoms with Crippen molar-refractivity contribution in [2.24, 2.45) is 5.92 Å². The number of benzene rings is 2. The minimum Gasteiger partial charge on any atom is -0.497 e. The van der Waals surface area contributed by atoms with E-state index in [2.05, 4.69) is 10.0 Å². The third-order valence-electron chi connectivity index (χ3n) is 5.08. The molecule has 2 amide bonds. The van der Waals surface area contributed by atoms with Crippen LogP contribution in [0.25, 0.3) is 0 Å². The molecule has 0 saturated carbocycles. The number of likely N-dealkylation sites (tertiary alicyclic amines) is 1. The summed E-state index contributed by atoms with van der Waals surface area (Å²) >= 11 is 0. The Kier molecular flexibility index (Phi) is 6.84. The first kappa shape index (κ1) is 22.6. The van der Waals surface area contributed by atoms with Gasteiger partial charge < -0.3 is 15.0 Å². The van der Waals surface area contributed by atoms with Gasteiger partial charge in [0.25, 0.3) is 15.9 Å². The van der Waals surface area contributed by atoms with Crippen molar-refractivity contribution in [1.82, 2.24) is 10.2 Å². The molecule has 0 bridgehead atoms. The molecule has 1 aliphatic rings. The number of methoxy groups -OCH3 is 1. The van der Waals surface area contributed by atoms with Gasteiger partial charge in [-0.05, 0) is 48.9 Å². The Balaban J connectivity index is 1.67. The highest BCUT2D eigenvalue weighted by Crippen LogP contribution is 2.20. The van der Waals surface area contributed by atoms with E-state index in [9.17, 15) is 18.0 Å². The SMILES string of the molecule is COc1ccc(NS(=O)(=O)c2cccc(C(=O)N[C@@H]3CCN(C(=O)C(C)C)C3)c2)cc1. The first-order valence-corrected chi connectivity index (χ1v) is 11.5. The Morgan fingerprint density at radius 3 is 2.48 bits per heavy atom. The molecule has 2 N–H and O–H groups in total. The first-order valence-electron chi connectivity index (χ1n) is 10.1. The standard InChI is InChI=1S/C22H27N3O5S/c1-15(2)22(27)25-12-11-18(14-25)23-21(26)16-5-4-6-20(13-16)31(28,29)24-17-7-9-19(30-3)10-8-17/h4-10,13,15,18,24H,11-12,14H2,1-3H3,(H,23,26)/t18-/m1/s1. The van der Waals surface area contributed by atoms with Crippen LogP contribution in [0.4, 0.5) is 5.69 Å². The number of hydrogen-bond acceptors (Lipinski definition) is 5. The molecule has 1 fully saturated rings. The number of rotatable bonds is 7. The molecule has 0 aliphatic carbocycles. The van der Waals surface area contributed by atoms with E-state index in [1.807, 2.05) is 13.8 Å². The summed E-state index contributed by atoms with van der Waals surface area (Å²) in [6, 6.07) is 12.2. The average molecular weight is 446 g/mol. The first-order chi connectivity index (χ1) is 14.7. The molecule has 0 aromatic heterocycles. The number of hydrogen-bond donors (Lipinski definition) is 2. The van der Waals surface area contributed by atoms with Crippen molar-refractivity contribution in [3.63, 3.8) is 0 Å². The fraction of sp³-hybridized carbons (Fsp3) is 0.364. The third kappa shape index (κ3) is 5.55. The van der Waals surface area contributed by atoms with Crippen molar-refractivity contribution in [2.75, 3.05) is 24.9 Å². The molecule has 31 heavy (non-hydrogen) atoms. The third-order valence-corrected chi connectivity index (χ3v) is 6.46. The fourth-order valence-corrected chi connectivity index (χ4v) is 4.49. The molecular formula is C22H27N3O5S. The van der Waals surface area contributed by atoms with Crippen LogP contribution < -0.4 is 14.8 Å². The Labute approximate surface area is 182 Å². The molecule has 3 rings (SSSR count). The van der Waals surface area contributed by atoms with Gasteiger partial charge in [-0.3, -0.25) is 14.3 Å². The molecule has 0 spiro atoms. The normalized spacial score (nSPS) is 16.3. The van der Waals surface area contributed by atoms with Crippen LogP contribution in [0.1, 0.15) is 30.6 Å². The number of anilines is 1. The summed E-state index contributed by atoms with van der Waals surface area (Å²) in [4.78, 5) is 26.5. The Hall–Kier alpha value is -3.07. The maximum absolute atomic E-state index is 12.7. The summed E-state index contributed by atoms with van der Waals surface area (Å²) in [5.74, 6) is 0.219. The quantitative estimate of drug-likeness (QED) is 0.681. The fourth-order valence-electron chi connectivity index (χ4n) is 3.39. The molecule has 1 aliphatic heterocycles. The predicted octanol–water partition coefficient (Wildman–Crippen LogP) is 2.48. The predicted molar refractivity (Wildman–Crippen MR) is 118 cm³/mol. The molecule has 166 valence electrons. The molecule has 2 aromatic rings. The van der Waals surface area contributed by atoms with Crippen LogP contribution in [0.2, 0.25) is 0 Å². The van der Waals surface area contributed by atoms with E-state index in [-0.39, 0.29) is 34.2 Å². The number of sulfonamides is 1. The van der Waals surface area contributed by atoms with Crippen molar-refractivity contribution in [1.29, 1.82) is 0 Å². The molecule has 0 unspecified atom stereocenters. The molecule has 1 saturated heterocycles. The number of nitrogens with zero attached hydrogens (tertiary/aromatic N) is 1. The second kappa shape index (κ2) is 9.38. The van der Waals surface area contributed by atoms with Crippen molar-refractivity contribution in [3.8, 4) is 5.75 Å². The Morgan fingerprint density at radius 2 is 1.84 bits per heavy atom. The molecule has 8 nitrogen and oxygen atoms in total. The highest BCUT2D eigenvalue weighted by Gasteiger charge is 2.28. The molecule has 9 heteroatoms. The second-order valence-corrected chi connectivity index (χ2v) is 9.44. The lowest BCUT2D eigenvalue weighted by molar-refractivity contribution is -0.133. The van der Waals surface area contributed by atoms with Gasteiger partial charge in [0.2, 0.25) is 5.91 Å². The largest absolute Gasteiger partial charge is 0.497 e. The Morgan fingerprint density at radius 1 is 1.13 bits per heavy atom. The summed E-state index contributed by atoms with van der Waals surface area (Å²) in [6.45, 7) is 4.75. The zero-order chi connectivity index (χ0) is 22.6. The smallest absolute Gasteiger partial charge is 0.261 e. The monoisotopic (exact) mass is 445 g/mol. The molecular weight excluding hydrogens is 418 g/mol. The van der Waals surface area contributed by atoms with Crippen LogP contribution in [0.5, 0.6) is 5.75 Å². The van der Waals surface area contributed by atoms with Crippen molar-refractivity contribution >= 4 is 27.5 Å². The van der Waals surface area contributed by atoms with E-state index in [4.69, 9.17) is 4.74 Å². The second-order valence-electron chi connectivity index (χ2n) is 7.76. The minimum absolute atomic E-state index is 0.0148. The molecule has 1 atom stereocenters. The van der Waals surface area contributed by atoms with Crippen LogP contribution in [-0.4, -0.2) is 51.4 Å². The average Bonchev–Trinajstić information content (AvgIpc) is 3.21. The zero-order valence-electron chi connectivity index (χ0n) is 17.8. The van der Waals surface area contributed by atoms with Crippen molar-refractivity contribution in [3.05, 3.63) is 54.1 Å². The summed E-state index contributed by atoms with van der Waals surface area (Å²) in [7, 11) is -2.34. The van der Waals surface area contributed by atoms with Crippen molar-refractivity contribution in [2.45, 2.75) is 31.2 Å². The summed E-state index contributed by atoms with van der Waals surface area (Å²) in [5.41, 5.74) is 0.628. The molecule has 1 heterocycles. The summed E-state index contributed by atoms with van der Waals surface area (Å²) < 4.78 is 33.0. The molecule has 0 radical (unpaired) electrons. The van der Waals surface area contributed by atoms with Gasteiger partial charge >= 0.3 is 0 Å². The van der Waals surface area contributed by atoms with Gasteiger partial charge in [-0.1, -0.05) is 19.9 Å². The van der Waals surface area contributed by atoms with Gasteiger partial charge in [0.15, 0.2) is 0 Å². The van der Waals surface area contributed by atoms with Gasteiger partial charge in [-0.25, -0.2) is 8.42 Å². The lowest BCUT2D eigenvalue weighted by Gasteiger charge is -2.19. The van der Waals surface area contributed by atoms with Gasteiger partial charge in [-0.2, -0.15) is 0 Å². The molecule has 2 aromatic carbocycles. The topological polar surface area (TPSA) is 105 Å². The van der Waals surface area contributed by atoms with E-state index in [0.717, 1.165) is 0 Å². The maximum Gasteiger partial charge on any atom is 0.261 e.